The first-order valence-corrected chi connectivity index (χ1v) is 6.64. The molecule has 3 nitrogen and oxygen atoms in total. The van der Waals surface area contributed by atoms with E-state index >= 15 is 0 Å². The third-order valence-corrected chi connectivity index (χ3v) is 3.71. The van der Waals surface area contributed by atoms with E-state index in [9.17, 15) is 9.90 Å². The molecule has 0 bridgehead atoms. The third kappa shape index (κ3) is 2.78. The number of hydrogen-bond acceptors (Lipinski definition) is 2. The molecule has 0 aliphatic carbocycles. The normalized spacial score (nSPS) is 10.4. The molecule has 0 radical (unpaired) electrons. The van der Waals surface area contributed by atoms with E-state index in [0.717, 1.165) is 11.1 Å². The van der Waals surface area contributed by atoms with Crippen LogP contribution in [0.2, 0.25) is 5.02 Å². The van der Waals surface area contributed by atoms with Gasteiger partial charge in [-0.15, -0.1) is 0 Å². The van der Waals surface area contributed by atoms with Gasteiger partial charge in [0.05, 0.1) is 0 Å². The lowest BCUT2D eigenvalue weighted by Gasteiger charge is -2.12. The quantitative estimate of drug-likeness (QED) is 0.813. The highest BCUT2D eigenvalue weighted by molar-refractivity contribution is 6.32. The number of carbonyl (C=O) groups is 1. The molecule has 104 valence electrons. The Bertz CT molecular complexity index is 680. The molecule has 0 aliphatic rings. The predicted molar refractivity (Wildman–Crippen MR) is 81.7 cm³/mol. The van der Waals surface area contributed by atoms with Crippen LogP contribution in [0.4, 0.5) is 5.69 Å². The molecule has 0 unspecified atom stereocenters. The molecule has 2 aromatic carbocycles. The van der Waals surface area contributed by atoms with Gasteiger partial charge in [-0.05, 0) is 61.7 Å². The Kier molecular flexibility index (Phi) is 4.00. The van der Waals surface area contributed by atoms with Crippen molar-refractivity contribution in [1.82, 2.24) is 0 Å². The lowest BCUT2D eigenvalue weighted by atomic mass is 10.1. The number of anilines is 1. The number of rotatable bonds is 2. The molecule has 0 saturated heterocycles. The topological polar surface area (TPSA) is 49.3 Å². The maximum atomic E-state index is 12.3. The fourth-order valence-corrected chi connectivity index (χ4v) is 2.15. The number of amides is 1. The van der Waals surface area contributed by atoms with Gasteiger partial charge in [-0.1, -0.05) is 17.7 Å². The van der Waals surface area contributed by atoms with Crippen molar-refractivity contribution in [2.75, 3.05) is 5.32 Å². The zero-order chi connectivity index (χ0) is 14.9. The van der Waals surface area contributed by atoms with E-state index in [4.69, 9.17) is 11.6 Å². The molecule has 0 spiro atoms. The second kappa shape index (κ2) is 5.55. The summed E-state index contributed by atoms with van der Waals surface area (Å²) in [5.41, 5.74) is 3.50. The van der Waals surface area contributed by atoms with Crippen LogP contribution in [0.1, 0.15) is 27.0 Å². The summed E-state index contributed by atoms with van der Waals surface area (Å²) >= 11 is 6.03. The molecule has 2 aromatic rings. The summed E-state index contributed by atoms with van der Waals surface area (Å²) in [6.45, 7) is 5.43. The number of benzene rings is 2. The number of phenolic OH excluding ortho intramolecular Hbond substituents is 1. The number of nitrogens with one attached hydrogen (secondary N) is 1. The summed E-state index contributed by atoms with van der Waals surface area (Å²) in [5.74, 6) is 0.0117. The first-order valence-electron chi connectivity index (χ1n) is 6.27. The van der Waals surface area contributed by atoms with Crippen molar-refractivity contribution in [3.63, 3.8) is 0 Å². The van der Waals surface area contributed by atoms with Crippen molar-refractivity contribution in [2.24, 2.45) is 0 Å². The Hall–Kier alpha value is -2.00. The molecule has 0 fully saturated rings. The standard InChI is InChI=1S/C16H16ClNO2/c1-9-8-15(19)10(2)7-14(9)18-16(20)12-5-4-6-13(17)11(12)3/h4-8,19H,1-3H3,(H,18,20). The average molecular weight is 290 g/mol. The van der Waals surface area contributed by atoms with Crippen LogP contribution in [0.5, 0.6) is 5.75 Å². The van der Waals surface area contributed by atoms with Gasteiger partial charge in [-0.2, -0.15) is 0 Å². The van der Waals surface area contributed by atoms with Crippen LogP contribution in [-0.2, 0) is 0 Å². The van der Waals surface area contributed by atoms with E-state index in [1.54, 1.807) is 37.3 Å². The van der Waals surface area contributed by atoms with Gasteiger partial charge in [0, 0.05) is 16.3 Å². The van der Waals surface area contributed by atoms with Crippen LogP contribution in [0.25, 0.3) is 0 Å². The molecule has 0 aliphatic heterocycles. The molecule has 2 N–H and O–H groups in total. The Labute approximate surface area is 123 Å². The van der Waals surface area contributed by atoms with Crippen LogP contribution in [0.15, 0.2) is 30.3 Å². The van der Waals surface area contributed by atoms with Crippen molar-refractivity contribution < 1.29 is 9.90 Å². The highest BCUT2D eigenvalue weighted by atomic mass is 35.5. The first-order chi connectivity index (χ1) is 9.40. The lowest BCUT2D eigenvalue weighted by molar-refractivity contribution is 0.102. The molecule has 0 heterocycles. The summed E-state index contributed by atoms with van der Waals surface area (Å²) in [4.78, 5) is 12.3. The highest BCUT2D eigenvalue weighted by Gasteiger charge is 2.13. The van der Waals surface area contributed by atoms with Crippen LogP contribution >= 0.6 is 11.6 Å². The number of aryl methyl sites for hydroxylation is 2. The second-order valence-corrected chi connectivity index (χ2v) is 5.23. The van der Waals surface area contributed by atoms with Crippen LogP contribution in [0, 0.1) is 20.8 Å². The SMILES string of the molecule is Cc1cc(NC(=O)c2cccc(Cl)c2C)c(C)cc1O. The van der Waals surface area contributed by atoms with E-state index in [1.807, 2.05) is 13.8 Å². The van der Waals surface area contributed by atoms with Gasteiger partial charge in [-0.25, -0.2) is 0 Å². The summed E-state index contributed by atoms with van der Waals surface area (Å²) in [7, 11) is 0. The molecule has 0 saturated carbocycles. The number of phenols is 1. The molecule has 0 aromatic heterocycles. The monoisotopic (exact) mass is 289 g/mol. The van der Waals surface area contributed by atoms with Crippen molar-refractivity contribution in [3.8, 4) is 5.75 Å². The summed E-state index contributed by atoms with van der Waals surface area (Å²) in [6, 6.07) is 8.63. The third-order valence-electron chi connectivity index (χ3n) is 3.30. The molecular formula is C16H16ClNO2. The molecule has 4 heteroatoms. The van der Waals surface area contributed by atoms with E-state index in [2.05, 4.69) is 5.32 Å². The van der Waals surface area contributed by atoms with Crippen molar-refractivity contribution >= 4 is 23.2 Å². The minimum atomic E-state index is -0.210. The van der Waals surface area contributed by atoms with E-state index < -0.39 is 0 Å². The van der Waals surface area contributed by atoms with Gasteiger partial charge in [0.1, 0.15) is 5.75 Å². The molecule has 0 atom stereocenters. The van der Waals surface area contributed by atoms with Crippen LogP contribution in [-0.4, -0.2) is 11.0 Å². The number of carbonyl (C=O) groups excluding carboxylic acids is 1. The lowest BCUT2D eigenvalue weighted by Crippen LogP contribution is -2.14. The zero-order valence-corrected chi connectivity index (χ0v) is 12.4. The van der Waals surface area contributed by atoms with Crippen molar-refractivity contribution in [1.29, 1.82) is 0 Å². The Balaban J connectivity index is 2.33. The Morgan fingerprint density at radius 1 is 1.15 bits per heavy atom. The zero-order valence-electron chi connectivity index (χ0n) is 11.6. The van der Waals surface area contributed by atoms with Crippen molar-refractivity contribution in [3.05, 3.63) is 57.6 Å². The molecule has 20 heavy (non-hydrogen) atoms. The number of halogens is 1. The Morgan fingerprint density at radius 2 is 1.85 bits per heavy atom. The summed E-state index contributed by atoms with van der Waals surface area (Å²) in [5, 5.41) is 13.0. The highest BCUT2D eigenvalue weighted by Crippen LogP contribution is 2.26. The van der Waals surface area contributed by atoms with Gasteiger partial charge >= 0.3 is 0 Å². The van der Waals surface area contributed by atoms with E-state index in [-0.39, 0.29) is 11.7 Å². The van der Waals surface area contributed by atoms with Gasteiger partial charge < -0.3 is 10.4 Å². The summed E-state index contributed by atoms with van der Waals surface area (Å²) < 4.78 is 0. The van der Waals surface area contributed by atoms with Crippen LogP contribution < -0.4 is 5.32 Å². The number of aromatic hydroxyl groups is 1. The fraction of sp³-hybridized carbons (Fsp3) is 0.188. The maximum Gasteiger partial charge on any atom is 0.255 e. The minimum absolute atomic E-state index is 0.210. The second-order valence-electron chi connectivity index (χ2n) is 4.82. The van der Waals surface area contributed by atoms with Gasteiger partial charge in [0.15, 0.2) is 0 Å². The first kappa shape index (κ1) is 14.4. The largest absolute Gasteiger partial charge is 0.508 e. The summed E-state index contributed by atoms with van der Waals surface area (Å²) in [6.07, 6.45) is 0. The molecular weight excluding hydrogens is 274 g/mol. The number of hydrogen-bond donors (Lipinski definition) is 2. The molecule has 1 amide bonds. The van der Waals surface area contributed by atoms with E-state index in [0.29, 0.717) is 21.8 Å². The van der Waals surface area contributed by atoms with Crippen molar-refractivity contribution in [2.45, 2.75) is 20.8 Å². The Morgan fingerprint density at radius 3 is 2.55 bits per heavy atom. The smallest absolute Gasteiger partial charge is 0.255 e. The van der Waals surface area contributed by atoms with E-state index in [1.165, 1.54) is 0 Å². The average Bonchev–Trinajstić information content (AvgIpc) is 2.39. The fourth-order valence-electron chi connectivity index (χ4n) is 1.98. The van der Waals surface area contributed by atoms with Gasteiger partial charge in [0.25, 0.3) is 5.91 Å². The molecule has 2 rings (SSSR count). The van der Waals surface area contributed by atoms with Gasteiger partial charge in [0.2, 0.25) is 0 Å². The van der Waals surface area contributed by atoms with Gasteiger partial charge in [-0.3, -0.25) is 4.79 Å². The minimum Gasteiger partial charge on any atom is -0.508 e. The maximum absolute atomic E-state index is 12.3. The van der Waals surface area contributed by atoms with Crippen LogP contribution in [0.3, 0.4) is 0 Å². The predicted octanol–water partition coefficient (Wildman–Crippen LogP) is 4.22.